The van der Waals surface area contributed by atoms with E-state index in [1.807, 2.05) is 52.4 Å². The van der Waals surface area contributed by atoms with Crippen LogP contribution in [-0.4, -0.2) is 115 Å². The van der Waals surface area contributed by atoms with Crippen LogP contribution in [0.15, 0.2) is 67.0 Å². The van der Waals surface area contributed by atoms with Gasteiger partial charge in [0.15, 0.2) is 5.82 Å². The fourth-order valence-electron chi connectivity index (χ4n) is 8.57. The van der Waals surface area contributed by atoms with Gasteiger partial charge in [-0.05, 0) is 66.3 Å². The molecule has 3 aromatic carbocycles. The Bertz CT molecular complexity index is 2410. The van der Waals surface area contributed by atoms with E-state index in [2.05, 4.69) is 25.6 Å². The zero-order valence-corrected chi connectivity index (χ0v) is 34.0. The molecule has 0 spiro atoms. The summed E-state index contributed by atoms with van der Waals surface area (Å²) in [5.41, 5.74) is 4.41. The molecule has 5 aromatic rings. The maximum Gasteiger partial charge on any atom is 0.269 e. The number of aromatic nitrogens is 3. The zero-order valence-electron chi connectivity index (χ0n) is 34.0. The molecule has 0 saturated carbocycles. The van der Waals surface area contributed by atoms with E-state index in [0.717, 1.165) is 29.7 Å². The Morgan fingerprint density at radius 3 is 2.45 bits per heavy atom. The average molecular weight is 822 g/mol. The van der Waals surface area contributed by atoms with E-state index in [4.69, 9.17) is 4.74 Å². The highest BCUT2D eigenvalue weighted by molar-refractivity contribution is 6.04. The number of fused-ring (bicyclic) bond motifs is 1. The topological polar surface area (TPSA) is 148 Å². The summed E-state index contributed by atoms with van der Waals surface area (Å²) in [5, 5.41) is 10.1. The SMILES string of the molecule is COc1cc(N2CCN(c3ccc(-c4cc([C@@H]5CCCN(C(=O)CCn6cccn6)C5)c(F)c5[nH]c(C(=O)N(C)C)cc45)cc3)CC2)c(F)cc1NC1CCC(=O)NC1=O. The maximum atomic E-state index is 16.6. The molecule has 0 aliphatic carbocycles. The molecule has 5 heterocycles. The summed E-state index contributed by atoms with van der Waals surface area (Å²) >= 11 is 0. The van der Waals surface area contributed by atoms with Gasteiger partial charge >= 0.3 is 0 Å². The number of piperidine rings is 2. The first-order valence-electron chi connectivity index (χ1n) is 20.4. The highest BCUT2D eigenvalue weighted by Gasteiger charge is 2.31. The van der Waals surface area contributed by atoms with E-state index in [9.17, 15) is 19.2 Å². The Morgan fingerprint density at radius 2 is 1.75 bits per heavy atom. The summed E-state index contributed by atoms with van der Waals surface area (Å²) in [4.78, 5) is 60.8. The third-order valence-electron chi connectivity index (χ3n) is 11.8. The quantitative estimate of drug-likeness (QED) is 0.150. The molecule has 2 atom stereocenters. The maximum absolute atomic E-state index is 16.6. The van der Waals surface area contributed by atoms with Crippen molar-refractivity contribution in [3.63, 3.8) is 0 Å². The molecule has 8 rings (SSSR count). The number of carbonyl (C=O) groups excluding carboxylic acids is 4. The summed E-state index contributed by atoms with van der Waals surface area (Å²) in [7, 11) is 4.80. The van der Waals surface area contributed by atoms with E-state index in [-0.39, 0.29) is 41.3 Å². The molecule has 314 valence electrons. The Labute approximate surface area is 346 Å². The number of likely N-dealkylation sites (tertiary alicyclic amines) is 1. The summed E-state index contributed by atoms with van der Waals surface area (Å²) in [6.45, 7) is 3.81. The van der Waals surface area contributed by atoms with Gasteiger partial charge in [0.2, 0.25) is 17.7 Å². The van der Waals surface area contributed by atoms with Gasteiger partial charge in [0.05, 0.1) is 24.0 Å². The van der Waals surface area contributed by atoms with Gasteiger partial charge in [0.1, 0.15) is 23.3 Å². The number of H-pyrrole nitrogens is 1. The molecule has 4 amide bonds. The minimum absolute atomic E-state index is 0.00849. The van der Waals surface area contributed by atoms with Crippen LogP contribution in [0.2, 0.25) is 0 Å². The van der Waals surface area contributed by atoms with Gasteiger partial charge in [-0.25, -0.2) is 8.78 Å². The van der Waals surface area contributed by atoms with Crippen LogP contribution >= 0.6 is 0 Å². The monoisotopic (exact) mass is 821 g/mol. The van der Waals surface area contributed by atoms with E-state index >= 15 is 8.78 Å². The molecule has 0 radical (unpaired) electrons. The van der Waals surface area contributed by atoms with Crippen molar-refractivity contribution in [3.05, 3.63) is 89.9 Å². The highest BCUT2D eigenvalue weighted by atomic mass is 19.1. The highest BCUT2D eigenvalue weighted by Crippen LogP contribution is 2.40. The van der Waals surface area contributed by atoms with Crippen LogP contribution in [0, 0.1) is 11.6 Å². The number of nitrogens with one attached hydrogen (secondary N) is 3. The average Bonchev–Trinajstić information content (AvgIpc) is 3.96. The van der Waals surface area contributed by atoms with Gasteiger partial charge in [-0.1, -0.05) is 12.1 Å². The second-order valence-electron chi connectivity index (χ2n) is 15.9. The lowest BCUT2D eigenvalue weighted by Gasteiger charge is -2.37. The number of aryl methyl sites for hydroxylation is 1. The summed E-state index contributed by atoms with van der Waals surface area (Å²) in [6, 6.07) is 15.8. The standard InChI is InChI=1S/C44H49F2N9O5/c1-51(2)44(59)36-23-32-30(22-31(41(46)42(32)49-36)28-6-4-15-54(26-28)40(57)13-17-55-16-5-14-47-55)27-7-9-29(10-8-27)52-18-20-53(21-19-52)37-25-38(60-3)35(24-33(37)45)48-34-11-12-39(56)50-43(34)58/h5,7-10,14,16,22-25,28,34,48-49H,4,6,11-13,15,17-21,26H2,1-3H3,(H,50,56,58)/t28-,34?/m1/s1. The smallest absolute Gasteiger partial charge is 0.269 e. The minimum atomic E-state index is -0.676. The zero-order chi connectivity index (χ0) is 42.1. The molecular weight excluding hydrogens is 773 g/mol. The summed E-state index contributed by atoms with van der Waals surface area (Å²) < 4.78 is 39.5. The van der Waals surface area contributed by atoms with Gasteiger partial charge in [0, 0.05) is 114 Å². The third kappa shape index (κ3) is 8.23. The van der Waals surface area contributed by atoms with Gasteiger partial charge in [-0.2, -0.15) is 5.10 Å². The number of halogens is 2. The lowest BCUT2D eigenvalue weighted by Crippen LogP contribution is -2.47. The lowest BCUT2D eigenvalue weighted by molar-refractivity contribution is -0.134. The van der Waals surface area contributed by atoms with Crippen molar-refractivity contribution < 1.29 is 32.7 Å². The second-order valence-corrected chi connectivity index (χ2v) is 15.9. The number of rotatable bonds is 11. The molecule has 3 fully saturated rings. The number of ether oxygens (including phenoxy) is 1. The number of anilines is 3. The number of methoxy groups -OCH3 is 1. The second kappa shape index (κ2) is 17.0. The van der Waals surface area contributed by atoms with Crippen LogP contribution in [0.5, 0.6) is 5.75 Å². The minimum Gasteiger partial charge on any atom is -0.495 e. The Morgan fingerprint density at radius 1 is 0.983 bits per heavy atom. The number of hydrogen-bond donors (Lipinski definition) is 3. The molecule has 3 saturated heterocycles. The molecule has 0 bridgehead atoms. The number of nitrogens with zero attached hydrogens (tertiary/aromatic N) is 6. The van der Waals surface area contributed by atoms with Crippen molar-refractivity contribution in [2.45, 2.75) is 50.6 Å². The fourth-order valence-corrected chi connectivity index (χ4v) is 8.57. The van der Waals surface area contributed by atoms with Gasteiger partial charge in [0.25, 0.3) is 5.91 Å². The molecule has 16 heteroatoms. The summed E-state index contributed by atoms with van der Waals surface area (Å²) in [6.07, 6.45) is 5.78. The fraction of sp³-hybridized carbons (Fsp3) is 0.386. The van der Waals surface area contributed by atoms with E-state index in [1.54, 1.807) is 37.1 Å². The largest absolute Gasteiger partial charge is 0.495 e. The predicted octanol–water partition coefficient (Wildman–Crippen LogP) is 5.36. The molecule has 14 nitrogen and oxygen atoms in total. The number of aromatic amines is 1. The van der Waals surface area contributed by atoms with Crippen molar-refractivity contribution in [2.75, 3.05) is 75.6 Å². The molecule has 3 N–H and O–H groups in total. The Hall–Kier alpha value is -6.45. The van der Waals surface area contributed by atoms with Crippen LogP contribution in [0.4, 0.5) is 25.8 Å². The van der Waals surface area contributed by atoms with Crippen molar-refractivity contribution in [1.29, 1.82) is 0 Å². The molecule has 1 unspecified atom stereocenters. The van der Waals surface area contributed by atoms with E-state index in [1.165, 1.54) is 18.1 Å². The normalized spacial score (nSPS) is 18.4. The Balaban J connectivity index is 0.997. The molecule has 60 heavy (non-hydrogen) atoms. The van der Waals surface area contributed by atoms with Crippen LogP contribution in [0.1, 0.15) is 54.1 Å². The van der Waals surface area contributed by atoms with Gasteiger partial charge in [-0.3, -0.25) is 29.2 Å². The first kappa shape index (κ1) is 40.3. The first-order valence-corrected chi connectivity index (χ1v) is 20.4. The number of carbonyl (C=O) groups is 4. The first-order chi connectivity index (χ1) is 29.0. The number of imide groups is 1. The predicted molar refractivity (Wildman–Crippen MR) is 224 cm³/mol. The van der Waals surface area contributed by atoms with Gasteiger partial charge < -0.3 is 34.6 Å². The van der Waals surface area contributed by atoms with Crippen LogP contribution in [0.3, 0.4) is 0 Å². The summed E-state index contributed by atoms with van der Waals surface area (Å²) in [5.74, 6) is -1.74. The number of hydrogen-bond acceptors (Lipinski definition) is 9. The Kier molecular flexibility index (Phi) is 11.4. The van der Waals surface area contributed by atoms with E-state index in [0.29, 0.717) is 86.7 Å². The van der Waals surface area contributed by atoms with E-state index < -0.39 is 23.6 Å². The lowest BCUT2D eigenvalue weighted by atomic mass is 9.87. The number of benzene rings is 3. The number of amides is 4. The van der Waals surface area contributed by atoms with Crippen molar-refractivity contribution >= 4 is 51.6 Å². The van der Waals surface area contributed by atoms with Crippen LogP contribution < -0.4 is 25.2 Å². The number of piperazine rings is 1. The molecule has 3 aliphatic rings. The van der Waals surface area contributed by atoms with Gasteiger partial charge in [-0.15, -0.1) is 0 Å². The molecular formula is C44H49F2N9O5. The third-order valence-corrected chi connectivity index (χ3v) is 11.8. The van der Waals surface area contributed by atoms with Crippen molar-refractivity contribution in [2.24, 2.45) is 0 Å². The van der Waals surface area contributed by atoms with Crippen LogP contribution in [0.25, 0.3) is 22.0 Å². The van der Waals surface area contributed by atoms with Crippen molar-refractivity contribution in [1.82, 2.24) is 29.9 Å². The molecule has 2 aromatic heterocycles. The van der Waals surface area contributed by atoms with Crippen LogP contribution in [-0.2, 0) is 20.9 Å². The van der Waals surface area contributed by atoms with Crippen molar-refractivity contribution in [3.8, 4) is 16.9 Å². The molecule has 3 aliphatic heterocycles.